The zero-order valence-corrected chi connectivity index (χ0v) is 21.0. The molecule has 4 fully saturated rings. The summed E-state index contributed by atoms with van der Waals surface area (Å²) in [7, 11) is -4.28. The van der Waals surface area contributed by atoms with Gasteiger partial charge < -0.3 is 0 Å². The van der Waals surface area contributed by atoms with Crippen LogP contribution in [0.2, 0.25) is 0 Å². The molecule has 4 aliphatic rings. The summed E-state index contributed by atoms with van der Waals surface area (Å²) in [4.78, 5) is 26.4. The second kappa shape index (κ2) is 7.01. The molecular weight excluding hydrogens is 448 g/mol. The molecule has 0 amide bonds. The van der Waals surface area contributed by atoms with Gasteiger partial charge in [0.05, 0.1) is 11.2 Å². The van der Waals surface area contributed by atoms with Gasteiger partial charge in [0.25, 0.3) is 10.1 Å². The first-order valence-electron chi connectivity index (χ1n) is 12.0. The van der Waals surface area contributed by atoms with Crippen molar-refractivity contribution in [1.82, 2.24) is 0 Å². The summed E-state index contributed by atoms with van der Waals surface area (Å²) in [6, 6.07) is 7.71. The number of carbonyl (C=O) groups excluding carboxylic acids is 2. The standard InChI is InChI=1S/C28H32O5S/c1-25(2)21-10-12-27(25,5)23(29)19(21)14-17-6-8-18(9-7-17)15-20-22-11-13-28(24(20)30,26(22,3)4)16-34(31,32)33/h5-9,14-15,21-22H,10-13,16H2,1-4H3,(H,31,32,33)/b19-14-,20-15-. The molecule has 0 spiro atoms. The van der Waals surface area contributed by atoms with Gasteiger partial charge in [-0.05, 0) is 84.1 Å². The fraction of sp³-hybridized carbons (Fsp3) is 0.536. The van der Waals surface area contributed by atoms with Crippen LogP contribution in [-0.2, 0) is 19.7 Å². The van der Waals surface area contributed by atoms with Crippen LogP contribution in [0.15, 0.2) is 35.4 Å². The molecule has 4 atom stereocenters. The van der Waals surface area contributed by atoms with Gasteiger partial charge in [0, 0.05) is 11.0 Å². The first kappa shape index (κ1) is 23.7. The van der Waals surface area contributed by atoms with Crippen LogP contribution in [-0.4, -0.2) is 30.3 Å². The average molecular weight is 481 g/mol. The first-order valence-corrected chi connectivity index (χ1v) is 13.6. The third-order valence-electron chi connectivity index (χ3n) is 9.94. The van der Waals surface area contributed by atoms with Crippen LogP contribution in [0, 0.1) is 40.4 Å². The molecule has 1 aromatic carbocycles. The molecule has 0 heterocycles. The van der Waals surface area contributed by atoms with E-state index in [-0.39, 0.29) is 28.8 Å². The number of ketones is 2. The van der Waals surface area contributed by atoms with Crippen molar-refractivity contribution in [1.29, 1.82) is 0 Å². The monoisotopic (exact) mass is 480 g/mol. The summed E-state index contributed by atoms with van der Waals surface area (Å²) < 4.78 is 33.0. The van der Waals surface area contributed by atoms with Gasteiger partial charge >= 0.3 is 0 Å². The van der Waals surface area contributed by atoms with Gasteiger partial charge in [-0.15, -0.1) is 0 Å². The smallest absolute Gasteiger partial charge is 0.265 e. The lowest BCUT2D eigenvalue weighted by atomic mass is 9.70. The number of hydrogen-bond donors (Lipinski definition) is 1. The highest BCUT2D eigenvalue weighted by molar-refractivity contribution is 7.85. The minimum absolute atomic E-state index is 0.0434. The van der Waals surface area contributed by atoms with E-state index in [1.807, 2.05) is 50.3 Å². The van der Waals surface area contributed by atoms with E-state index in [9.17, 15) is 22.6 Å². The van der Waals surface area contributed by atoms with E-state index in [0.717, 1.165) is 36.0 Å². The Morgan fingerprint density at radius 2 is 1.35 bits per heavy atom. The predicted molar refractivity (Wildman–Crippen MR) is 131 cm³/mol. The predicted octanol–water partition coefficient (Wildman–Crippen LogP) is 5.06. The molecule has 5 nitrogen and oxygen atoms in total. The summed E-state index contributed by atoms with van der Waals surface area (Å²) in [6.45, 7) is 14.5. The van der Waals surface area contributed by atoms with Crippen molar-refractivity contribution >= 4 is 33.8 Å². The summed E-state index contributed by atoms with van der Waals surface area (Å²) in [5.41, 5.74) is 0.583. The van der Waals surface area contributed by atoms with E-state index >= 15 is 0 Å². The van der Waals surface area contributed by atoms with E-state index in [1.165, 1.54) is 0 Å². The molecule has 0 aliphatic heterocycles. The molecule has 6 heteroatoms. The molecule has 1 aromatic rings. The van der Waals surface area contributed by atoms with Crippen LogP contribution in [0.1, 0.15) is 64.5 Å². The number of Topliss-reactive ketones (excluding diaryl/α,β-unsaturated/α-hetero) is 2. The fourth-order valence-electron chi connectivity index (χ4n) is 7.54. The van der Waals surface area contributed by atoms with Crippen LogP contribution < -0.4 is 0 Å². The average Bonchev–Trinajstić information content (AvgIpc) is 3.22. The summed E-state index contributed by atoms with van der Waals surface area (Å²) in [5.74, 6) is -0.516. The molecule has 5 rings (SSSR count). The van der Waals surface area contributed by atoms with Crippen LogP contribution in [0.3, 0.4) is 0 Å². The van der Waals surface area contributed by atoms with Crippen molar-refractivity contribution in [2.24, 2.45) is 33.5 Å². The Morgan fingerprint density at radius 1 is 0.882 bits per heavy atom. The van der Waals surface area contributed by atoms with Gasteiger partial charge in [-0.2, -0.15) is 8.42 Å². The van der Waals surface area contributed by atoms with Gasteiger partial charge in [-0.25, -0.2) is 0 Å². The Bertz CT molecular complexity index is 1260. The number of hydrogen-bond acceptors (Lipinski definition) is 4. The Balaban J connectivity index is 1.44. The van der Waals surface area contributed by atoms with Crippen LogP contribution in [0.25, 0.3) is 12.2 Å². The SMILES string of the molecule is [CH]C12CCC(/C(=C/c3ccc(/C=C4\C(=O)C5(CS(=O)(=O)O)CCC4C5(C)C)cc3)C1=O)C2(C)C. The van der Waals surface area contributed by atoms with Crippen molar-refractivity contribution in [2.45, 2.75) is 53.4 Å². The maximum Gasteiger partial charge on any atom is 0.265 e. The minimum Gasteiger partial charge on any atom is -0.294 e. The number of carbonyl (C=O) groups is 2. The highest BCUT2D eigenvalue weighted by atomic mass is 32.2. The van der Waals surface area contributed by atoms with Gasteiger partial charge in [0.15, 0.2) is 11.6 Å². The van der Waals surface area contributed by atoms with Crippen molar-refractivity contribution in [2.75, 3.05) is 5.75 Å². The highest BCUT2D eigenvalue weighted by Gasteiger charge is 2.67. The second-order valence-corrected chi connectivity index (χ2v) is 13.4. The summed E-state index contributed by atoms with van der Waals surface area (Å²) in [6.07, 6.45) is 6.67. The zero-order valence-electron chi connectivity index (χ0n) is 20.2. The Labute approximate surface area is 202 Å². The van der Waals surface area contributed by atoms with Gasteiger partial charge in [0.1, 0.15) is 0 Å². The number of rotatable bonds is 4. The Kier molecular flexibility index (Phi) is 4.88. The topological polar surface area (TPSA) is 88.5 Å². The van der Waals surface area contributed by atoms with Crippen molar-refractivity contribution in [3.63, 3.8) is 0 Å². The quantitative estimate of drug-likeness (QED) is 0.481. The fourth-order valence-corrected chi connectivity index (χ4v) is 8.81. The highest BCUT2D eigenvalue weighted by Crippen LogP contribution is 2.67. The van der Waals surface area contributed by atoms with Crippen molar-refractivity contribution < 1.29 is 22.6 Å². The van der Waals surface area contributed by atoms with E-state index in [0.29, 0.717) is 12.0 Å². The van der Waals surface area contributed by atoms with Crippen molar-refractivity contribution in [3.05, 3.63) is 53.5 Å². The van der Waals surface area contributed by atoms with Gasteiger partial charge in [-0.3, -0.25) is 14.1 Å². The molecule has 4 aliphatic carbocycles. The lowest BCUT2D eigenvalue weighted by molar-refractivity contribution is -0.125. The van der Waals surface area contributed by atoms with Crippen molar-refractivity contribution in [3.8, 4) is 0 Å². The number of fused-ring (bicyclic) bond motifs is 4. The molecule has 2 radical (unpaired) electrons. The Morgan fingerprint density at radius 3 is 1.82 bits per heavy atom. The molecule has 1 N–H and O–H groups in total. The molecule has 4 bridgehead atoms. The largest absolute Gasteiger partial charge is 0.294 e. The molecule has 34 heavy (non-hydrogen) atoms. The van der Waals surface area contributed by atoms with Crippen LogP contribution in [0.4, 0.5) is 0 Å². The molecule has 0 aromatic heterocycles. The summed E-state index contributed by atoms with van der Waals surface area (Å²) >= 11 is 0. The van der Waals surface area contributed by atoms with Crippen LogP contribution in [0.5, 0.6) is 0 Å². The third-order valence-corrected chi connectivity index (χ3v) is 10.8. The maximum atomic E-state index is 13.4. The molecular formula is C28H32O5S. The second-order valence-electron chi connectivity index (χ2n) is 11.9. The van der Waals surface area contributed by atoms with Gasteiger partial charge in [0.2, 0.25) is 0 Å². The lowest BCUT2D eigenvalue weighted by Crippen LogP contribution is -2.42. The maximum absolute atomic E-state index is 13.4. The van der Waals surface area contributed by atoms with E-state index in [2.05, 4.69) is 13.8 Å². The Hall–Kier alpha value is -2.05. The number of allylic oxidation sites excluding steroid dienone is 2. The minimum atomic E-state index is -4.28. The lowest BCUT2D eigenvalue weighted by Gasteiger charge is -2.34. The summed E-state index contributed by atoms with van der Waals surface area (Å²) in [5, 5.41) is 0. The zero-order chi connectivity index (χ0) is 24.9. The molecule has 4 saturated carbocycles. The van der Waals surface area contributed by atoms with Crippen LogP contribution >= 0.6 is 0 Å². The third kappa shape index (κ3) is 2.97. The first-order chi connectivity index (χ1) is 15.6. The molecule has 180 valence electrons. The number of benzene rings is 1. The molecule has 4 unspecified atom stereocenters. The van der Waals surface area contributed by atoms with Gasteiger partial charge in [-0.1, -0.05) is 52.0 Å². The normalized spacial score (nSPS) is 37.9. The molecule has 0 saturated heterocycles. The van der Waals surface area contributed by atoms with E-state index in [1.54, 1.807) is 0 Å². The van der Waals surface area contributed by atoms with E-state index in [4.69, 9.17) is 6.92 Å². The van der Waals surface area contributed by atoms with E-state index < -0.39 is 32.1 Å².